The van der Waals surface area contributed by atoms with E-state index in [1.165, 1.54) is 6.92 Å². The third-order valence-electron chi connectivity index (χ3n) is 2.22. The topological polar surface area (TPSA) is 63.2 Å². The van der Waals surface area contributed by atoms with Gasteiger partial charge in [-0.1, -0.05) is 17.8 Å². The Morgan fingerprint density at radius 1 is 1.32 bits per heavy atom. The molecule has 0 bridgehead atoms. The first kappa shape index (κ1) is 17.5. The van der Waals surface area contributed by atoms with Crippen molar-refractivity contribution in [3.8, 4) is 12.3 Å². The van der Waals surface area contributed by atoms with E-state index >= 15 is 0 Å². The van der Waals surface area contributed by atoms with Gasteiger partial charge in [-0.15, -0.1) is 12.3 Å². The Labute approximate surface area is 118 Å². The van der Waals surface area contributed by atoms with E-state index in [0.29, 0.717) is 30.7 Å². The van der Waals surface area contributed by atoms with E-state index in [1.807, 2.05) is 0 Å². The Morgan fingerprint density at radius 2 is 2.00 bits per heavy atom. The van der Waals surface area contributed by atoms with Crippen LogP contribution in [0, 0.1) is 12.3 Å². The molecule has 0 aliphatic heterocycles. The molecule has 0 aliphatic rings. The van der Waals surface area contributed by atoms with E-state index in [9.17, 15) is 14.4 Å². The van der Waals surface area contributed by atoms with Crippen molar-refractivity contribution in [1.29, 1.82) is 0 Å². The average molecular weight is 281 g/mol. The maximum Gasteiger partial charge on any atom is 0.216 e. The summed E-state index contributed by atoms with van der Waals surface area (Å²) in [5.74, 6) is 2.66. The molecule has 0 aliphatic carbocycles. The predicted octanol–water partition coefficient (Wildman–Crippen LogP) is 1.70. The second kappa shape index (κ2) is 10.4. The lowest BCUT2D eigenvalue weighted by Gasteiger charge is -2.02. The number of nitrogens with one attached hydrogen (secondary N) is 1. The number of rotatable bonds is 8. The zero-order valence-corrected chi connectivity index (χ0v) is 12.1. The second-order valence-corrected chi connectivity index (χ2v) is 5.09. The van der Waals surface area contributed by atoms with Crippen molar-refractivity contribution < 1.29 is 14.4 Å². The molecule has 0 atom stereocenters. The fraction of sp³-hybridized carbons (Fsp3) is 0.500. The van der Waals surface area contributed by atoms with Crippen molar-refractivity contribution in [2.24, 2.45) is 0 Å². The lowest BCUT2D eigenvalue weighted by atomic mass is 10.1. The van der Waals surface area contributed by atoms with E-state index in [-0.39, 0.29) is 23.2 Å². The second-order valence-electron chi connectivity index (χ2n) is 3.93. The molecule has 0 aromatic carbocycles. The molecule has 19 heavy (non-hydrogen) atoms. The zero-order chi connectivity index (χ0) is 14.7. The van der Waals surface area contributed by atoms with Gasteiger partial charge in [-0.3, -0.25) is 14.4 Å². The lowest BCUT2D eigenvalue weighted by Crippen LogP contribution is -2.23. The molecule has 5 heteroatoms. The SMILES string of the molecule is C#CCC/C=C(\C)C(=O)CC(=O)SCCNC(C)=O. The van der Waals surface area contributed by atoms with E-state index in [4.69, 9.17) is 6.42 Å². The summed E-state index contributed by atoms with van der Waals surface area (Å²) in [5, 5.41) is 2.40. The van der Waals surface area contributed by atoms with Crippen LogP contribution >= 0.6 is 11.8 Å². The van der Waals surface area contributed by atoms with E-state index in [2.05, 4.69) is 11.2 Å². The third-order valence-corrected chi connectivity index (χ3v) is 3.10. The number of thioether (sulfide) groups is 1. The van der Waals surface area contributed by atoms with E-state index in [0.717, 1.165) is 11.8 Å². The van der Waals surface area contributed by atoms with Gasteiger partial charge in [0.1, 0.15) is 0 Å². The molecule has 104 valence electrons. The number of terminal acetylenes is 1. The van der Waals surface area contributed by atoms with Crippen LogP contribution in [0.3, 0.4) is 0 Å². The summed E-state index contributed by atoms with van der Waals surface area (Å²) in [7, 11) is 0. The number of Topliss-reactive ketones (excluding diaryl/α,β-unsaturated/α-hetero) is 1. The Hall–Kier alpha value is -1.54. The third kappa shape index (κ3) is 10.1. The van der Waals surface area contributed by atoms with Crippen LogP contribution in [-0.2, 0) is 14.4 Å². The maximum absolute atomic E-state index is 11.7. The first-order chi connectivity index (χ1) is 8.97. The van der Waals surface area contributed by atoms with Crippen LogP contribution in [0.2, 0.25) is 0 Å². The standard InChI is InChI=1S/C14H19NO3S/c1-4-5-6-7-11(2)13(17)10-14(18)19-9-8-15-12(3)16/h1,7H,5-6,8-10H2,2-3H3,(H,15,16)/b11-7+. The summed E-state index contributed by atoms with van der Waals surface area (Å²) < 4.78 is 0. The highest BCUT2D eigenvalue weighted by atomic mass is 32.2. The molecular formula is C14H19NO3S. The van der Waals surface area contributed by atoms with Crippen molar-refractivity contribution in [2.75, 3.05) is 12.3 Å². The Kier molecular flexibility index (Phi) is 9.55. The number of hydrogen-bond acceptors (Lipinski definition) is 4. The molecule has 0 fully saturated rings. The number of unbranched alkanes of at least 4 members (excludes halogenated alkanes) is 1. The molecule has 1 amide bonds. The molecule has 0 aromatic rings. The van der Waals surface area contributed by atoms with Crippen LogP contribution in [0.1, 0.15) is 33.1 Å². The van der Waals surface area contributed by atoms with Crippen LogP contribution < -0.4 is 5.32 Å². The van der Waals surface area contributed by atoms with Crippen molar-refractivity contribution >= 4 is 28.6 Å². The first-order valence-corrected chi connectivity index (χ1v) is 6.99. The molecule has 1 N–H and O–H groups in total. The highest BCUT2D eigenvalue weighted by Crippen LogP contribution is 2.09. The van der Waals surface area contributed by atoms with Gasteiger partial charge in [-0.2, -0.15) is 0 Å². The number of carbonyl (C=O) groups excluding carboxylic acids is 3. The highest BCUT2D eigenvalue weighted by Gasteiger charge is 2.11. The lowest BCUT2D eigenvalue weighted by molar-refractivity contribution is -0.121. The molecule has 0 radical (unpaired) electrons. The van der Waals surface area contributed by atoms with Crippen LogP contribution in [0.4, 0.5) is 0 Å². The normalized spacial score (nSPS) is 10.7. The molecule has 0 saturated heterocycles. The molecule has 0 heterocycles. The van der Waals surface area contributed by atoms with E-state index in [1.54, 1.807) is 13.0 Å². The summed E-state index contributed by atoms with van der Waals surface area (Å²) in [6, 6.07) is 0. The van der Waals surface area contributed by atoms with Gasteiger partial charge in [-0.25, -0.2) is 0 Å². The van der Waals surface area contributed by atoms with Crippen LogP contribution in [0.5, 0.6) is 0 Å². The molecule has 0 saturated carbocycles. The van der Waals surface area contributed by atoms with Gasteiger partial charge in [0.05, 0.1) is 6.42 Å². The van der Waals surface area contributed by atoms with E-state index < -0.39 is 0 Å². The maximum atomic E-state index is 11.7. The summed E-state index contributed by atoms with van der Waals surface area (Å²) in [5.41, 5.74) is 0.575. The number of hydrogen-bond donors (Lipinski definition) is 1. The summed E-state index contributed by atoms with van der Waals surface area (Å²) >= 11 is 1.06. The number of carbonyl (C=O) groups is 3. The van der Waals surface area contributed by atoms with Gasteiger partial charge < -0.3 is 5.32 Å². The van der Waals surface area contributed by atoms with Gasteiger partial charge in [0, 0.05) is 25.6 Å². The Morgan fingerprint density at radius 3 is 2.58 bits per heavy atom. The highest BCUT2D eigenvalue weighted by molar-refractivity contribution is 8.13. The summed E-state index contributed by atoms with van der Waals surface area (Å²) in [6.07, 6.45) is 8.00. The van der Waals surface area contributed by atoms with Crippen molar-refractivity contribution in [3.63, 3.8) is 0 Å². The zero-order valence-electron chi connectivity index (χ0n) is 11.3. The number of amides is 1. The molecular weight excluding hydrogens is 262 g/mol. The molecule has 0 unspecified atom stereocenters. The van der Waals surface area contributed by atoms with Gasteiger partial charge in [0.2, 0.25) is 5.91 Å². The molecule has 4 nitrogen and oxygen atoms in total. The predicted molar refractivity (Wildman–Crippen MR) is 77.6 cm³/mol. The van der Waals surface area contributed by atoms with Crippen molar-refractivity contribution in [1.82, 2.24) is 5.32 Å². The minimum absolute atomic E-state index is 0.108. The van der Waals surface area contributed by atoms with Crippen LogP contribution in [0.25, 0.3) is 0 Å². The van der Waals surface area contributed by atoms with Gasteiger partial charge in [0.15, 0.2) is 10.9 Å². The number of ketones is 1. The van der Waals surface area contributed by atoms with Crippen LogP contribution in [0.15, 0.2) is 11.6 Å². The number of allylic oxidation sites excluding steroid dienone is 2. The van der Waals surface area contributed by atoms with Gasteiger partial charge in [-0.05, 0) is 18.9 Å². The summed E-state index contributed by atoms with van der Waals surface area (Å²) in [4.78, 5) is 33.8. The minimum Gasteiger partial charge on any atom is -0.356 e. The Balaban J connectivity index is 3.92. The minimum atomic E-state index is -0.181. The van der Waals surface area contributed by atoms with Gasteiger partial charge >= 0.3 is 0 Å². The largest absolute Gasteiger partial charge is 0.356 e. The first-order valence-electron chi connectivity index (χ1n) is 6.00. The monoisotopic (exact) mass is 281 g/mol. The van der Waals surface area contributed by atoms with Crippen LogP contribution in [-0.4, -0.2) is 29.1 Å². The van der Waals surface area contributed by atoms with Crippen molar-refractivity contribution in [3.05, 3.63) is 11.6 Å². The summed E-state index contributed by atoms with van der Waals surface area (Å²) in [6.45, 7) is 3.53. The smallest absolute Gasteiger partial charge is 0.216 e. The van der Waals surface area contributed by atoms with Crippen molar-refractivity contribution in [2.45, 2.75) is 33.1 Å². The fourth-order valence-electron chi connectivity index (χ4n) is 1.20. The van der Waals surface area contributed by atoms with Gasteiger partial charge in [0.25, 0.3) is 0 Å². The molecule has 0 rings (SSSR count). The molecule has 0 spiro atoms. The fourth-order valence-corrected chi connectivity index (χ4v) is 1.86. The average Bonchev–Trinajstić information content (AvgIpc) is 2.34. The quantitative estimate of drug-likeness (QED) is 0.318. The molecule has 0 aromatic heterocycles. The Bertz CT molecular complexity index is 407.